The predicted octanol–water partition coefficient (Wildman–Crippen LogP) is 2.40. The highest BCUT2D eigenvalue weighted by Crippen LogP contribution is 2.13. The first-order valence-corrected chi connectivity index (χ1v) is 7.12. The number of halogens is 1. The summed E-state index contributed by atoms with van der Waals surface area (Å²) >= 11 is 3.43. The normalized spacial score (nSPS) is 13.7. The number of nitrogens with zero attached hydrogens (tertiary/aromatic N) is 1. The topological polar surface area (TPSA) is 52.6 Å². The number of rotatable bonds is 5. The minimum Gasteiger partial charge on any atom is -0.392 e. The molecule has 2 N–H and O–H groups in total. The zero-order valence-corrected chi connectivity index (χ0v) is 13.1. The number of aliphatic hydroxyl groups excluding tert-OH is 1. The van der Waals surface area contributed by atoms with Crippen LogP contribution >= 0.6 is 15.9 Å². The molecule has 0 heterocycles. The third kappa shape index (κ3) is 6.07. The lowest BCUT2D eigenvalue weighted by Gasteiger charge is -2.22. The molecular weight excluding hydrogens is 308 g/mol. The van der Waals surface area contributed by atoms with Crippen molar-refractivity contribution in [2.45, 2.75) is 32.4 Å². The van der Waals surface area contributed by atoms with Crippen molar-refractivity contribution in [3.05, 3.63) is 34.3 Å². The summed E-state index contributed by atoms with van der Waals surface area (Å²) in [4.78, 5) is 13.3. The van der Waals surface area contributed by atoms with Crippen LogP contribution in [0.15, 0.2) is 28.7 Å². The summed E-state index contributed by atoms with van der Waals surface area (Å²) in [5, 5.41) is 12.2. The number of carbonyl (C=O) groups excluding carboxylic acids is 1. The van der Waals surface area contributed by atoms with Gasteiger partial charge in [-0.1, -0.05) is 28.1 Å². The average Bonchev–Trinajstić information content (AvgIpc) is 2.27. The lowest BCUT2D eigenvalue weighted by molar-refractivity contribution is 0.142. The summed E-state index contributed by atoms with van der Waals surface area (Å²) in [6, 6.07) is 7.91. The molecule has 5 heteroatoms. The fraction of sp³-hybridized carbons (Fsp3) is 0.500. The zero-order valence-electron chi connectivity index (χ0n) is 11.6. The minimum absolute atomic E-state index is 0.0400. The summed E-state index contributed by atoms with van der Waals surface area (Å²) < 4.78 is 1.04. The molecule has 1 aromatic carbocycles. The third-order valence-corrected chi connectivity index (χ3v) is 3.18. The van der Waals surface area contributed by atoms with E-state index in [0.29, 0.717) is 6.54 Å². The number of nitrogens with one attached hydrogen (secondary N) is 1. The van der Waals surface area contributed by atoms with E-state index < -0.39 is 6.10 Å². The lowest BCUT2D eigenvalue weighted by Crippen LogP contribution is -2.44. The van der Waals surface area contributed by atoms with Crippen LogP contribution in [-0.4, -0.2) is 41.8 Å². The van der Waals surface area contributed by atoms with Gasteiger partial charge in [0, 0.05) is 24.1 Å². The van der Waals surface area contributed by atoms with E-state index in [1.165, 1.54) is 10.5 Å². The van der Waals surface area contributed by atoms with Crippen LogP contribution in [0.5, 0.6) is 0 Å². The molecule has 0 aliphatic rings. The Balaban J connectivity index is 2.46. The Labute approximate surface area is 122 Å². The second-order valence-electron chi connectivity index (χ2n) is 4.91. The number of hydrogen-bond donors (Lipinski definition) is 2. The maximum atomic E-state index is 11.8. The van der Waals surface area contributed by atoms with Crippen molar-refractivity contribution in [1.29, 1.82) is 0 Å². The van der Waals surface area contributed by atoms with Gasteiger partial charge in [0.2, 0.25) is 0 Å². The molecule has 19 heavy (non-hydrogen) atoms. The predicted molar refractivity (Wildman–Crippen MR) is 80.2 cm³/mol. The van der Waals surface area contributed by atoms with Crippen LogP contribution in [0.4, 0.5) is 4.79 Å². The van der Waals surface area contributed by atoms with Crippen LogP contribution < -0.4 is 5.32 Å². The van der Waals surface area contributed by atoms with E-state index >= 15 is 0 Å². The van der Waals surface area contributed by atoms with Crippen molar-refractivity contribution in [3.63, 3.8) is 0 Å². The first kappa shape index (κ1) is 16.0. The molecule has 1 aromatic rings. The van der Waals surface area contributed by atoms with Crippen LogP contribution in [0.3, 0.4) is 0 Å². The fourth-order valence-corrected chi connectivity index (χ4v) is 2.32. The Hall–Kier alpha value is -1.07. The van der Waals surface area contributed by atoms with Crippen LogP contribution in [0, 0.1) is 0 Å². The van der Waals surface area contributed by atoms with E-state index in [1.807, 2.05) is 31.2 Å². The van der Waals surface area contributed by atoms with Crippen LogP contribution in [0.1, 0.15) is 19.4 Å². The van der Waals surface area contributed by atoms with Gasteiger partial charge in [0.1, 0.15) is 0 Å². The van der Waals surface area contributed by atoms with Crippen molar-refractivity contribution in [3.8, 4) is 0 Å². The molecule has 0 aliphatic heterocycles. The number of carbonyl (C=O) groups is 1. The highest BCUT2D eigenvalue weighted by molar-refractivity contribution is 9.10. The highest BCUT2D eigenvalue weighted by Gasteiger charge is 2.13. The summed E-state index contributed by atoms with van der Waals surface area (Å²) in [7, 11) is 1.67. The largest absolute Gasteiger partial charge is 0.392 e. The van der Waals surface area contributed by atoms with E-state index in [9.17, 15) is 9.90 Å². The van der Waals surface area contributed by atoms with E-state index in [-0.39, 0.29) is 12.1 Å². The van der Waals surface area contributed by atoms with Gasteiger partial charge in [-0.3, -0.25) is 0 Å². The summed E-state index contributed by atoms with van der Waals surface area (Å²) in [5.74, 6) is 0. The van der Waals surface area contributed by atoms with Crippen molar-refractivity contribution >= 4 is 22.0 Å². The van der Waals surface area contributed by atoms with Gasteiger partial charge < -0.3 is 15.3 Å². The summed E-state index contributed by atoms with van der Waals surface area (Å²) in [6.07, 6.45) is 0.254. The van der Waals surface area contributed by atoms with Crippen molar-refractivity contribution in [2.24, 2.45) is 0 Å². The third-order valence-electron chi connectivity index (χ3n) is 2.69. The molecule has 2 amide bonds. The van der Waals surface area contributed by atoms with Gasteiger partial charge in [-0.25, -0.2) is 4.79 Å². The first-order valence-electron chi connectivity index (χ1n) is 6.32. The molecule has 0 bridgehead atoms. The Morgan fingerprint density at radius 3 is 2.74 bits per heavy atom. The standard InChI is InChI=1S/C14H21BrN2O2/c1-10(7-12-5-4-6-13(15)8-12)16-14(19)17(3)9-11(2)18/h4-6,8,10-11,18H,7,9H2,1-3H3,(H,16,19). The highest BCUT2D eigenvalue weighted by atomic mass is 79.9. The second-order valence-corrected chi connectivity index (χ2v) is 5.83. The molecular formula is C14H21BrN2O2. The van der Waals surface area contributed by atoms with Gasteiger partial charge in [-0.15, -0.1) is 0 Å². The summed E-state index contributed by atoms with van der Waals surface area (Å²) in [5.41, 5.74) is 1.17. The SMILES string of the molecule is CC(O)CN(C)C(=O)NC(C)Cc1cccc(Br)c1. The number of urea groups is 1. The maximum absolute atomic E-state index is 11.8. The van der Waals surface area contributed by atoms with Crippen molar-refractivity contribution in [1.82, 2.24) is 10.2 Å². The molecule has 0 aromatic heterocycles. The minimum atomic E-state index is -0.517. The van der Waals surface area contributed by atoms with Crippen LogP contribution in [-0.2, 0) is 6.42 Å². The zero-order chi connectivity index (χ0) is 14.4. The molecule has 2 atom stereocenters. The van der Waals surface area contributed by atoms with Crippen LogP contribution in [0.2, 0.25) is 0 Å². The molecule has 0 aliphatic carbocycles. The summed E-state index contributed by atoms with van der Waals surface area (Å²) in [6.45, 7) is 3.96. The Morgan fingerprint density at radius 1 is 1.47 bits per heavy atom. The molecule has 0 spiro atoms. The number of amides is 2. The molecule has 2 unspecified atom stereocenters. The molecule has 0 radical (unpaired) electrons. The number of hydrogen-bond acceptors (Lipinski definition) is 2. The molecule has 4 nitrogen and oxygen atoms in total. The van der Waals surface area contributed by atoms with E-state index in [1.54, 1.807) is 14.0 Å². The van der Waals surface area contributed by atoms with Crippen LogP contribution in [0.25, 0.3) is 0 Å². The Bertz CT molecular complexity index is 424. The molecule has 0 fully saturated rings. The van der Waals surface area contributed by atoms with E-state index in [0.717, 1.165) is 10.9 Å². The van der Waals surface area contributed by atoms with E-state index in [2.05, 4.69) is 21.2 Å². The van der Waals surface area contributed by atoms with E-state index in [4.69, 9.17) is 0 Å². The first-order chi connectivity index (χ1) is 8.88. The van der Waals surface area contributed by atoms with Crippen molar-refractivity contribution < 1.29 is 9.90 Å². The van der Waals surface area contributed by atoms with Gasteiger partial charge in [0.05, 0.1) is 6.10 Å². The molecule has 0 saturated carbocycles. The smallest absolute Gasteiger partial charge is 0.317 e. The monoisotopic (exact) mass is 328 g/mol. The average molecular weight is 329 g/mol. The van der Waals surface area contributed by atoms with Crippen molar-refractivity contribution in [2.75, 3.05) is 13.6 Å². The molecule has 106 valence electrons. The number of aliphatic hydroxyl groups is 1. The second kappa shape index (κ2) is 7.50. The number of likely N-dealkylation sites (N-methyl/N-ethyl adjacent to an activating group) is 1. The quantitative estimate of drug-likeness (QED) is 0.872. The van der Waals surface area contributed by atoms with Gasteiger partial charge in [-0.2, -0.15) is 0 Å². The number of benzene rings is 1. The Morgan fingerprint density at radius 2 is 2.16 bits per heavy atom. The molecule has 0 saturated heterocycles. The van der Waals surface area contributed by atoms with Gasteiger partial charge in [0.25, 0.3) is 0 Å². The lowest BCUT2D eigenvalue weighted by atomic mass is 10.1. The molecule has 1 rings (SSSR count). The Kier molecular flexibility index (Phi) is 6.31. The van der Waals surface area contributed by atoms with Gasteiger partial charge in [-0.05, 0) is 38.0 Å². The van der Waals surface area contributed by atoms with Gasteiger partial charge >= 0.3 is 6.03 Å². The fourth-order valence-electron chi connectivity index (χ4n) is 1.87. The maximum Gasteiger partial charge on any atom is 0.317 e. The van der Waals surface area contributed by atoms with Gasteiger partial charge in [0.15, 0.2) is 0 Å².